The van der Waals surface area contributed by atoms with Gasteiger partial charge in [-0.1, -0.05) is 74.7 Å². The van der Waals surface area contributed by atoms with Crippen LogP contribution in [0.25, 0.3) is 0 Å². The third-order valence-electron chi connectivity index (χ3n) is 8.15. The third-order valence-corrected chi connectivity index (χ3v) is 8.68. The van der Waals surface area contributed by atoms with Crippen molar-refractivity contribution in [3.05, 3.63) is 0 Å². The Balaban J connectivity index is 6.48. The fourth-order valence-corrected chi connectivity index (χ4v) is 6.78. The molecule has 0 fully saturated rings. The van der Waals surface area contributed by atoms with Gasteiger partial charge in [0.25, 0.3) is 0 Å². The average Bonchev–Trinajstić information content (AvgIpc) is 2.76. The topological polar surface area (TPSA) is 96.2 Å². The zero-order valence-corrected chi connectivity index (χ0v) is 23.0. The van der Waals surface area contributed by atoms with E-state index in [1.807, 2.05) is 6.92 Å². The minimum absolute atomic E-state index is 0.0267. The van der Waals surface area contributed by atoms with Crippen LogP contribution in [0.15, 0.2) is 0 Å². The molecular weight excluding hydrogens is 427 g/mol. The van der Waals surface area contributed by atoms with E-state index in [-0.39, 0.29) is 30.1 Å². The van der Waals surface area contributed by atoms with Crippen molar-refractivity contribution in [2.45, 2.75) is 138 Å². The number of ether oxygens (including phenoxy) is 1. The van der Waals surface area contributed by atoms with Crippen molar-refractivity contribution >= 4 is 7.82 Å². The second-order valence-electron chi connectivity index (χ2n) is 9.35. The first-order valence-electron chi connectivity index (χ1n) is 13.1. The summed E-state index contributed by atoms with van der Waals surface area (Å²) in [7, 11) is -4.62. The van der Waals surface area contributed by atoms with E-state index in [9.17, 15) is 19.5 Å². The number of phosphoric acid groups is 1. The number of phosphoric ester groups is 1. The molecule has 3 N–H and O–H groups in total. The highest BCUT2D eigenvalue weighted by molar-refractivity contribution is 7.46. The summed E-state index contributed by atoms with van der Waals surface area (Å²) in [5.74, 6) is 0.155. The highest BCUT2D eigenvalue weighted by Crippen LogP contribution is 2.51. The van der Waals surface area contributed by atoms with E-state index in [1.54, 1.807) is 0 Å². The smallest absolute Gasteiger partial charge is 0.396 e. The molecule has 0 aromatic rings. The van der Waals surface area contributed by atoms with Crippen molar-refractivity contribution < 1.29 is 28.7 Å². The Morgan fingerprint density at radius 1 is 0.719 bits per heavy atom. The largest absolute Gasteiger partial charge is 0.469 e. The second-order valence-corrected chi connectivity index (χ2v) is 10.5. The molecule has 0 aromatic carbocycles. The van der Waals surface area contributed by atoms with E-state index in [1.165, 1.54) is 0 Å². The van der Waals surface area contributed by atoms with Crippen LogP contribution in [0.1, 0.15) is 120 Å². The Morgan fingerprint density at radius 2 is 1.16 bits per heavy atom. The first-order valence-corrected chi connectivity index (χ1v) is 14.6. The van der Waals surface area contributed by atoms with Crippen LogP contribution in [0.2, 0.25) is 0 Å². The molecular formula is C25H53O6P. The predicted molar refractivity (Wildman–Crippen MR) is 133 cm³/mol. The lowest BCUT2D eigenvalue weighted by molar-refractivity contribution is -0.181. The molecule has 4 atom stereocenters. The van der Waals surface area contributed by atoms with Crippen LogP contribution in [-0.2, 0) is 13.8 Å². The van der Waals surface area contributed by atoms with Gasteiger partial charge in [-0.05, 0) is 50.9 Å². The van der Waals surface area contributed by atoms with Crippen LogP contribution >= 0.6 is 7.82 Å². The van der Waals surface area contributed by atoms with Gasteiger partial charge in [0, 0.05) is 17.4 Å². The molecule has 194 valence electrons. The number of aliphatic hydroxyl groups is 1. The molecule has 0 aliphatic carbocycles. The van der Waals surface area contributed by atoms with Crippen LogP contribution in [0.3, 0.4) is 0 Å². The number of rotatable bonds is 19. The zero-order chi connectivity index (χ0) is 25.0. The summed E-state index contributed by atoms with van der Waals surface area (Å²) in [6.07, 6.45) is 7.50. The molecule has 0 rings (SSSR count). The van der Waals surface area contributed by atoms with Crippen molar-refractivity contribution in [2.24, 2.45) is 16.7 Å². The van der Waals surface area contributed by atoms with Crippen molar-refractivity contribution in [2.75, 3.05) is 6.61 Å². The van der Waals surface area contributed by atoms with Crippen molar-refractivity contribution in [3.8, 4) is 0 Å². The van der Waals surface area contributed by atoms with Gasteiger partial charge in [0.15, 0.2) is 0 Å². The maximum atomic E-state index is 11.8. The molecule has 0 radical (unpaired) electrons. The van der Waals surface area contributed by atoms with Crippen LogP contribution in [0, 0.1) is 16.7 Å². The van der Waals surface area contributed by atoms with E-state index in [2.05, 4.69) is 48.5 Å². The SMILES string of the molecule is CCCC(OC(CCC)C(CC)(CC)C(CC)OP(=O)(O)O)C(CC)(CC)C(CC)CO. The van der Waals surface area contributed by atoms with E-state index in [0.717, 1.165) is 44.9 Å². The van der Waals surface area contributed by atoms with Gasteiger partial charge in [0.2, 0.25) is 0 Å². The number of aliphatic hydroxyl groups excluding tert-OH is 1. The Bertz CT molecular complexity index is 523. The lowest BCUT2D eigenvalue weighted by Gasteiger charge is -2.51. The molecule has 7 heteroatoms. The molecule has 0 aromatic heterocycles. The number of hydrogen-bond donors (Lipinski definition) is 3. The van der Waals surface area contributed by atoms with E-state index in [4.69, 9.17) is 9.26 Å². The van der Waals surface area contributed by atoms with E-state index >= 15 is 0 Å². The summed E-state index contributed by atoms with van der Waals surface area (Å²) in [5, 5.41) is 10.2. The summed E-state index contributed by atoms with van der Waals surface area (Å²) in [5.41, 5.74) is -0.628. The summed E-state index contributed by atoms with van der Waals surface area (Å²) >= 11 is 0. The molecule has 0 aliphatic rings. The van der Waals surface area contributed by atoms with Gasteiger partial charge >= 0.3 is 7.82 Å². The monoisotopic (exact) mass is 480 g/mol. The lowest BCUT2D eigenvalue weighted by Crippen LogP contribution is -2.52. The average molecular weight is 481 g/mol. The minimum atomic E-state index is -4.62. The second kappa shape index (κ2) is 15.1. The molecule has 0 spiro atoms. The molecule has 6 nitrogen and oxygen atoms in total. The highest BCUT2D eigenvalue weighted by atomic mass is 31.2. The Kier molecular flexibility index (Phi) is 15.1. The first-order chi connectivity index (χ1) is 15.1. The molecule has 0 aliphatic heterocycles. The lowest BCUT2D eigenvalue weighted by atomic mass is 9.64. The molecule has 32 heavy (non-hydrogen) atoms. The van der Waals surface area contributed by atoms with E-state index in [0.29, 0.717) is 19.3 Å². The van der Waals surface area contributed by atoms with Gasteiger partial charge in [-0.25, -0.2) is 4.57 Å². The Labute approximate surface area is 198 Å². The van der Waals surface area contributed by atoms with Crippen LogP contribution in [0.5, 0.6) is 0 Å². The normalized spacial score (nSPS) is 17.2. The Hall–Kier alpha value is 0.0300. The molecule has 0 bridgehead atoms. The van der Waals surface area contributed by atoms with Gasteiger partial charge in [0.1, 0.15) is 0 Å². The van der Waals surface area contributed by atoms with Crippen LogP contribution in [0.4, 0.5) is 0 Å². The summed E-state index contributed by atoms with van der Waals surface area (Å²) in [4.78, 5) is 19.2. The van der Waals surface area contributed by atoms with Gasteiger partial charge in [0.05, 0.1) is 18.3 Å². The summed E-state index contributed by atoms with van der Waals surface area (Å²) < 4.78 is 24.2. The highest BCUT2D eigenvalue weighted by Gasteiger charge is 2.49. The van der Waals surface area contributed by atoms with E-state index < -0.39 is 19.3 Å². The Morgan fingerprint density at radius 3 is 1.44 bits per heavy atom. The fourth-order valence-electron chi connectivity index (χ4n) is 6.09. The van der Waals surface area contributed by atoms with Gasteiger partial charge < -0.3 is 19.6 Å². The van der Waals surface area contributed by atoms with Crippen LogP contribution in [-0.4, -0.2) is 39.8 Å². The van der Waals surface area contributed by atoms with Gasteiger partial charge in [-0.3, -0.25) is 4.52 Å². The van der Waals surface area contributed by atoms with Crippen molar-refractivity contribution in [1.82, 2.24) is 0 Å². The van der Waals surface area contributed by atoms with Crippen LogP contribution < -0.4 is 0 Å². The first kappa shape index (κ1) is 32.0. The van der Waals surface area contributed by atoms with Crippen molar-refractivity contribution in [1.29, 1.82) is 0 Å². The zero-order valence-electron chi connectivity index (χ0n) is 22.1. The molecule has 4 unspecified atom stereocenters. The molecule has 0 saturated heterocycles. The van der Waals surface area contributed by atoms with Gasteiger partial charge in [-0.15, -0.1) is 0 Å². The predicted octanol–water partition coefficient (Wildman–Crippen LogP) is 6.86. The quantitative estimate of drug-likeness (QED) is 0.175. The van der Waals surface area contributed by atoms with Crippen molar-refractivity contribution in [3.63, 3.8) is 0 Å². The molecule has 0 heterocycles. The standard InChI is InChI=1S/C25H53O6P/c1-9-17-22(24(13-5,14-6)20(11-3)19-26)30-23(18-10-2)25(15-7,16-8)21(12-4)31-32(27,28)29/h20-23,26H,9-19H2,1-8H3,(H2,27,28,29). The molecule has 0 saturated carbocycles. The molecule has 0 amide bonds. The maximum absolute atomic E-state index is 11.8. The summed E-state index contributed by atoms with van der Waals surface area (Å²) in [6.45, 7) is 17.0. The maximum Gasteiger partial charge on any atom is 0.469 e. The fraction of sp³-hybridized carbons (Fsp3) is 1.00. The summed E-state index contributed by atoms with van der Waals surface area (Å²) in [6, 6.07) is 0. The van der Waals surface area contributed by atoms with Gasteiger partial charge in [-0.2, -0.15) is 0 Å². The minimum Gasteiger partial charge on any atom is -0.396 e. The number of hydrogen-bond acceptors (Lipinski definition) is 4. The third kappa shape index (κ3) is 7.78.